The van der Waals surface area contributed by atoms with Crippen molar-refractivity contribution in [3.8, 4) is 5.75 Å². The van der Waals surface area contributed by atoms with Crippen LogP contribution in [0.15, 0.2) is 54.6 Å². The Kier molecular flexibility index (Phi) is 26.7. The second-order valence-electron chi connectivity index (χ2n) is 19.0. The first-order chi connectivity index (χ1) is 34.8. The zero-order chi connectivity index (χ0) is 55.8. The van der Waals surface area contributed by atoms with Crippen LogP contribution in [0.3, 0.4) is 0 Å². The van der Waals surface area contributed by atoms with Gasteiger partial charge in [0.1, 0.15) is 54.1 Å². The molecule has 0 spiro atoms. The average Bonchev–Trinajstić information content (AvgIpc) is 3.34. The van der Waals surface area contributed by atoms with Gasteiger partial charge in [-0.2, -0.15) is 0 Å². The van der Waals surface area contributed by atoms with Gasteiger partial charge >= 0.3 is 5.97 Å². The molecule has 0 bridgehead atoms. The van der Waals surface area contributed by atoms with E-state index in [1.807, 2.05) is 25.1 Å². The topological polar surface area (TPSA) is 386 Å². The lowest BCUT2D eigenvalue weighted by atomic mass is 9.96. The van der Waals surface area contributed by atoms with Crippen molar-refractivity contribution in [1.82, 2.24) is 47.9 Å². The summed E-state index contributed by atoms with van der Waals surface area (Å²) >= 11 is 0. The van der Waals surface area contributed by atoms with Gasteiger partial charge in [-0.3, -0.25) is 43.2 Å². The molecule has 0 saturated heterocycles. The molecule has 410 valence electrons. The molecular formula is C50H76N10O14. The zero-order valence-corrected chi connectivity index (χ0v) is 43.2. The Bertz CT molecular complexity index is 2210. The summed E-state index contributed by atoms with van der Waals surface area (Å²) in [6.45, 7) is 10.4. The summed E-state index contributed by atoms with van der Waals surface area (Å²) in [5.41, 5.74) is 7.54. The van der Waals surface area contributed by atoms with Crippen LogP contribution in [0, 0.1) is 17.8 Å². The van der Waals surface area contributed by atoms with Crippen molar-refractivity contribution in [1.29, 1.82) is 0 Å². The summed E-state index contributed by atoms with van der Waals surface area (Å²) < 4.78 is 0. The predicted molar refractivity (Wildman–Crippen MR) is 270 cm³/mol. The van der Waals surface area contributed by atoms with Gasteiger partial charge < -0.3 is 74.0 Å². The lowest BCUT2D eigenvalue weighted by Gasteiger charge is -2.28. The fourth-order valence-electron chi connectivity index (χ4n) is 7.21. The Hall–Kier alpha value is -7.18. The molecule has 0 aliphatic carbocycles. The van der Waals surface area contributed by atoms with E-state index in [9.17, 15) is 68.4 Å². The number of phenolic OH excluding ortho intramolecular Hbond substituents is 1. The maximum Gasteiger partial charge on any atom is 0.326 e. The van der Waals surface area contributed by atoms with E-state index in [1.165, 1.54) is 38.1 Å². The molecule has 74 heavy (non-hydrogen) atoms. The normalized spacial score (nSPS) is 15.2. The number of rotatable bonds is 31. The minimum atomic E-state index is -1.66. The van der Waals surface area contributed by atoms with Gasteiger partial charge in [0.15, 0.2) is 0 Å². The van der Waals surface area contributed by atoms with Crippen molar-refractivity contribution in [3.05, 3.63) is 65.7 Å². The average molecular weight is 1040 g/mol. The van der Waals surface area contributed by atoms with Crippen LogP contribution in [0.1, 0.15) is 85.8 Å². The standard InChI is InChI=1S/C50H76N10O14/c1-9-28(6)41(60-44(67)34(51)21-31-13-11-10-12-14-31)49(72)57-36(22-32-15-17-33(63)18-16-32)45(68)53-29(7)42(65)52-23-40(64)55-38(24-61)48(71)56-35(19-26(2)3)46(69)59-39(25-62)47(70)54-30(8)43(66)58-37(50(73)74)20-27(4)5/h10-18,26-30,34-39,41,61-63H,9,19-25,51H2,1-8H3,(H,52,65)(H,53,68)(H,54,70)(H,55,64)(H,56,71)(H,57,72)(H,58,66)(H,59,69)(H,60,67)(H,73,74)/t28-,29-,30-,34-,35-,36-,37-,38-,39-,41-/m0/s1. The van der Waals surface area contributed by atoms with Crippen LogP contribution in [0.2, 0.25) is 0 Å². The van der Waals surface area contributed by atoms with Gasteiger partial charge in [0, 0.05) is 6.42 Å². The molecule has 0 saturated carbocycles. The molecule has 10 atom stereocenters. The highest BCUT2D eigenvalue weighted by molar-refractivity contribution is 5.98. The molecule has 9 amide bonds. The first kappa shape index (κ1) is 62.9. The van der Waals surface area contributed by atoms with E-state index in [0.29, 0.717) is 12.0 Å². The van der Waals surface area contributed by atoms with Crippen molar-refractivity contribution < 1.29 is 68.4 Å². The van der Waals surface area contributed by atoms with Crippen molar-refractivity contribution in [3.63, 3.8) is 0 Å². The molecule has 0 aliphatic heterocycles. The molecule has 0 fully saturated rings. The molecule has 2 rings (SSSR count). The fraction of sp³-hybridized carbons (Fsp3) is 0.560. The lowest BCUT2D eigenvalue weighted by Crippen LogP contribution is -2.60. The Balaban J connectivity index is 2.10. The number of carboxylic acids is 1. The SMILES string of the molecule is CC[C@H](C)[C@H](NC(=O)[C@@H](N)Cc1ccccc1)C(=O)N[C@@H](Cc1ccc(O)cc1)C(=O)N[C@@H](C)C(=O)NCC(=O)N[C@@H](CO)C(=O)N[C@@H](CC(C)C)C(=O)N[C@@H](CO)C(=O)N[C@@H](C)C(=O)N[C@@H](CC(C)C)C(=O)O. The van der Waals surface area contributed by atoms with Gasteiger partial charge in [-0.15, -0.1) is 0 Å². The van der Waals surface area contributed by atoms with Crippen LogP contribution in [0.5, 0.6) is 5.75 Å². The fourth-order valence-corrected chi connectivity index (χ4v) is 7.21. The van der Waals surface area contributed by atoms with E-state index in [0.717, 1.165) is 5.56 Å². The van der Waals surface area contributed by atoms with Gasteiger partial charge in [-0.05, 0) is 74.1 Å². The van der Waals surface area contributed by atoms with Crippen LogP contribution < -0.4 is 53.6 Å². The predicted octanol–water partition coefficient (Wildman–Crippen LogP) is -2.25. The molecule has 24 nitrogen and oxygen atoms in total. The van der Waals surface area contributed by atoms with Crippen molar-refractivity contribution in [2.75, 3.05) is 19.8 Å². The molecule has 2 aromatic rings. The highest BCUT2D eigenvalue weighted by atomic mass is 16.4. The van der Waals surface area contributed by atoms with E-state index in [1.54, 1.807) is 46.8 Å². The number of carboxylic acid groups (broad SMARTS) is 1. The van der Waals surface area contributed by atoms with Gasteiger partial charge in [0.05, 0.1) is 25.8 Å². The van der Waals surface area contributed by atoms with Gasteiger partial charge in [0.25, 0.3) is 0 Å². The molecule has 0 aliphatic rings. The van der Waals surface area contributed by atoms with Crippen LogP contribution in [-0.4, -0.2) is 154 Å². The molecule has 2 aromatic carbocycles. The van der Waals surface area contributed by atoms with Gasteiger partial charge in [-0.1, -0.05) is 90.4 Å². The number of benzene rings is 2. The summed E-state index contributed by atoms with van der Waals surface area (Å²) in [5, 5.41) is 61.2. The third-order valence-electron chi connectivity index (χ3n) is 11.7. The third kappa shape index (κ3) is 21.9. The van der Waals surface area contributed by atoms with E-state index in [-0.39, 0.29) is 43.3 Å². The Morgan fingerprint density at radius 1 is 0.500 bits per heavy atom. The van der Waals surface area contributed by atoms with Crippen molar-refractivity contribution in [2.45, 2.75) is 142 Å². The number of phenols is 1. The summed E-state index contributed by atoms with van der Waals surface area (Å²) in [4.78, 5) is 131. The number of nitrogens with one attached hydrogen (secondary N) is 9. The van der Waals surface area contributed by atoms with E-state index in [2.05, 4.69) is 47.9 Å². The number of hydrogen-bond acceptors (Lipinski definition) is 14. The number of aromatic hydroxyl groups is 1. The van der Waals surface area contributed by atoms with E-state index < -0.39 is 139 Å². The Labute approximate surface area is 430 Å². The first-order valence-electron chi connectivity index (χ1n) is 24.5. The molecule has 0 aromatic heterocycles. The largest absolute Gasteiger partial charge is 0.508 e. The maximum atomic E-state index is 13.9. The molecule has 15 N–H and O–H groups in total. The van der Waals surface area contributed by atoms with Gasteiger partial charge in [0.2, 0.25) is 53.2 Å². The number of carbonyl (C=O) groups excluding carboxylic acids is 9. The number of amides is 9. The molecule has 0 radical (unpaired) electrons. The van der Waals surface area contributed by atoms with E-state index in [4.69, 9.17) is 5.73 Å². The molecule has 0 heterocycles. The van der Waals surface area contributed by atoms with Crippen molar-refractivity contribution in [2.24, 2.45) is 23.5 Å². The smallest absolute Gasteiger partial charge is 0.326 e. The molecule has 0 unspecified atom stereocenters. The number of aliphatic carboxylic acids is 1. The van der Waals surface area contributed by atoms with Crippen LogP contribution in [0.4, 0.5) is 0 Å². The number of aliphatic hydroxyl groups is 2. The second kappa shape index (κ2) is 31.4. The summed E-state index contributed by atoms with van der Waals surface area (Å²) in [6.07, 6.45) is 0.652. The highest BCUT2D eigenvalue weighted by Crippen LogP contribution is 2.14. The van der Waals surface area contributed by atoms with Gasteiger partial charge in [-0.25, -0.2) is 4.79 Å². The number of carbonyl (C=O) groups is 10. The zero-order valence-electron chi connectivity index (χ0n) is 43.2. The highest BCUT2D eigenvalue weighted by Gasteiger charge is 2.34. The van der Waals surface area contributed by atoms with Crippen LogP contribution >= 0.6 is 0 Å². The number of aliphatic hydroxyl groups excluding tert-OH is 2. The minimum absolute atomic E-state index is 0.0211. The number of hydrogen-bond donors (Lipinski definition) is 14. The Morgan fingerprint density at radius 3 is 1.50 bits per heavy atom. The van der Waals surface area contributed by atoms with Crippen molar-refractivity contribution >= 4 is 59.1 Å². The molecular weight excluding hydrogens is 965 g/mol. The Morgan fingerprint density at radius 2 is 0.959 bits per heavy atom. The van der Waals surface area contributed by atoms with E-state index >= 15 is 0 Å². The van der Waals surface area contributed by atoms with Crippen LogP contribution in [-0.2, 0) is 60.8 Å². The quantitative estimate of drug-likeness (QED) is 0.0379. The number of nitrogens with two attached hydrogens (primary N) is 1. The minimum Gasteiger partial charge on any atom is -0.508 e. The summed E-state index contributed by atoms with van der Waals surface area (Å²) in [7, 11) is 0. The first-order valence-corrected chi connectivity index (χ1v) is 24.5. The summed E-state index contributed by atoms with van der Waals surface area (Å²) in [6, 6.07) is 2.99. The van der Waals surface area contributed by atoms with Crippen LogP contribution in [0.25, 0.3) is 0 Å². The second-order valence-corrected chi connectivity index (χ2v) is 19.0. The monoisotopic (exact) mass is 1040 g/mol. The third-order valence-corrected chi connectivity index (χ3v) is 11.7. The molecule has 24 heteroatoms. The summed E-state index contributed by atoms with van der Waals surface area (Å²) in [5.74, 6) is -9.80. The maximum absolute atomic E-state index is 13.9. The lowest BCUT2D eigenvalue weighted by molar-refractivity contribution is -0.142.